The summed E-state index contributed by atoms with van der Waals surface area (Å²) in [7, 11) is -3.93. The quantitative estimate of drug-likeness (QED) is 0.868. The van der Waals surface area contributed by atoms with Crippen LogP contribution >= 0.6 is 0 Å². The highest BCUT2D eigenvalue weighted by Gasteiger charge is 2.30. The first-order valence-corrected chi connectivity index (χ1v) is 8.00. The Morgan fingerprint density at radius 2 is 2.00 bits per heavy atom. The number of nitrogens with zero attached hydrogens (tertiary/aromatic N) is 1. The number of nitrogens with one attached hydrogen (secondary N) is 1. The molecule has 2 N–H and O–H groups in total. The second kappa shape index (κ2) is 6.08. The number of anilines is 1. The largest absolute Gasteiger partial charge is 0.393 e. The van der Waals surface area contributed by atoms with Gasteiger partial charge in [0.15, 0.2) is 0 Å². The molecule has 0 aliphatic carbocycles. The third-order valence-electron chi connectivity index (χ3n) is 3.29. The van der Waals surface area contributed by atoms with Gasteiger partial charge in [0, 0.05) is 25.7 Å². The molecule has 1 aromatic carbocycles. The molecule has 0 unspecified atom stereocenters. The number of amides is 1. The Morgan fingerprint density at radius 1 is 1.38 bits per heavy atom. The predicted molar refractivity (Wildman–Crippen MR) is 74.7 cm³/mol. The van der Waals surface area contributed by atoms with Gasteiger partial charge in [-0.2, -0.15) is 4.31 Å². The van der Waals surface area contributed by atoms with E-state index in [4.69, 9.17) is 0 Å². The van der Waals surface area contributed by atoms with E-state index >= 15 is 0 Å². The zero-order valence-electron chi connectivity index (χ0n) is 11.5. The van der Waals surface area contributed by atoms with Crippen molar-refractivity contribution in [3.05, 3.63) is 24.0 Å². The third kappa shape index (κ3) is 3.58. The second-order valence-corrected chi connectivity index (χ2v) is 6.87. The molecule has 0 spiro atoms. The molecule has 1 fully saturated rings. The molecular weight excluding hydrogens is 299 g/mol. The summed E-state index contributed by atoms with van der Waals surface area (Å²) in [5, 5.41) is 11.8. The highest BCUT2D eigenvalue weighted by Crippen LogP contribution is 2.25. The predicted octanol–water partition coefficient (Wildman–Crippen LogP) is 0.929. The Morgan fingerprint density at radius 3 is 2.52 bits per heavy atom. The Kier molecular flexibility index (Phi) is 4.60. The number of sulfonamides is 1. The summed E-state index contributed by atoms with van der Waals surface area (Å²) in [5.41, 5.74) is 0.202. The van der Waals surface area contributed by atoms with E-state index in [0.717, 1.165) is 16.4 Å². The van der Waals surface area contributed by atoms with Crippen molar-refractivity contribution in [3.63, 3.8) is 0 Å². The van der Waals surface area contributed by atoms with Crippen molar-refractivity contribution in [2.75, 3.05) is 18.4 Å². The van der Waals surface area contributed by atoms with Crippen molar-refractivity contribution in [3.8, 4) is 0 Å². The summed E-state index contributed by atoms with van der Waals surface area (Å²) in [6.45, 7) is 1.61. The summed E-state index contributed by atoms with van der Waals surface area (Å²) in [4.78, 5) is 10.5. The van der Waals surface area contributed by atoms with Gasteiger partial charge in [-0.05, 0) is 31.0 Å². The molecule has 21 heavy (non-hydrogen) atoms. The number of carbonyl (C=O) groups is 1. The van der Waals surface area contributed by atoms with Crippen molar-refractivity contribution >= 4 is 21.6 Å². The van der Waals surface area contributed by atoms with Crippen molar-refractivity contribution in [2.45, 2.75) is 30.8 Å². The summed E-state index contributed by atoms with van der Waals surface area (Å²) in [5.74, 6) is -1.28. The first-order valence-electron chi connectivity index (χ1n) is 6.56. The van der Waals surface area contributed by atoms with Crippen LogP contribution in [0.15, 0.2) is 23.1 Å². The fourth-order valence-electron chi connectivity index (χ4n) is 2.21. The van der Waals surface area contributed by atoms with Crippen molar-refractivity contribution in [1.29, 1.82) is 0 Å². The molecule has 0 aromatic heterocycles. The second-order valence-electron chi connectivity index (χ2n) is 4.96. The van der Waals surface area contributed by atoms with Crippen LogP contribution in [-0.2, 0) is 14.8 Å². The summed E-state index contributed by atoms with van der Waals surface area (Å²) in [6.07, 6.45) is 0.166. The lowest BCUT2D eigenvalue weighted by atomic mass is 10.1. The number of rotatable bonds is 3. The number of hydrogen-bond acceptors (Lipinski definition) is 4. The van der Waals surface area contributed by atoms with Gasteiger partial charge in [0.25, 0.3) is 0 Å². The van der Waals surface area contributed by atoms with Gasteiger partial charge in [0.1, 0.15) is 10.7 Å². The van der Waals surface area contributed by atoms with Crippen molar-refractivity contribution < 1.29 is 22.7 Å². The highest BCUT2D eigenvalue weighted by atomic mass is 32.2. The van der Waals surface area contributed by atoms with E-state index in [0.29, 0.717) is 12.8 Å². The van der Waals surface area contributed by atoms with Gasteiger partial charge >= 0.3 is 0 Å². The van der Waals surface area contributed by atoms with Gasteiger partial charge in [0.05, 0.1) is 6.10 Å². The monoisotopic (exact) mass is 316 g/mol. The van der Waals surface area contributed by atoms with E-state index in [2.05, 4.69) is 5.32 Å². The third-order valence-corrected chi connectivity index (χ3v) is 5.23. The molecule has 0 atom stereocenters. The summed E-state index contributed by atoms with van der Waals surface area (Å²) < 4.78 is 39.9. The van der Waals surface area contributed by atoms with E-state index in [9.17, 15) is 22.7 Å². The van der Waals surface area contributed by atoms with E-state index < -0.39 is 26.8 Å². The van der Waals surface area contributed by atoms with Crippen molar-refractivity contribution in [1.82, 2.24) is 4.31 Å². The summed E-state index contributed by atoms with van der Waals surface area (Å²) >= 11 is 0. The molecule has 116 valence electrons. The fourth-order valence-corrected chi connectivity index (χ4v) is 3.73. The average Bonchev–Trinajstić information content (AvgIpc) is 2.38. The van der Waals surface area contributed by atoms with Gasteiger partial charge in [-0.25, -0.2) is 12.8 Å². The molecule has 1 amide bonds. The van der Waals surface area contributed by atoms with Crippen molar-refractivity contribution in [2.24, 2.45) is 0 Å². The first-order chi connectivity index (χ1) is 9.80. The first kappa shape index (κ1) is 15.9. The number of carbonyl (C=O) groups excluding carboxylic acids is 1. The number of piperidine rings is 1. The normalized spacial score (nSPS) is 17.7. The van der Waals surface area contributed by atoms with Crippen LogP contribution in [0.1, 0.15) is 19.8 Å². The Labute approximate surface area is 122 Å². The smallest absolute Gasteiger partial charge is 0.245 e. The molecule has 0 bridgehead atoms. The molecule has 1 heterocycles. The van der Waals surface area contributed by atoms with Gasteiger partial charge in [-0.15, -0.1) is 0 Å². The molecule has 8 heteroatoms. The maximum absolute atomic E-state index is 14.0. The summed E-state index contributed by atoms with van der Waals surface area (Å²) in [6, 6.07) is 3.46. The molecule has 0 saturated carbocycles. The van der Waals surface area contributed by atoms with Gasteiger partial charge in [-0.3, -0.25) is 4.79 Å². The minimum absolute atomic E-state index is 0.163. The van der Waals surface area contributed by atoms with E-state index in [-0.39, 0.29) is 24.7 Å². The highest BCUT2D eigenvalue weighted by molar-refractivity contribution is 7.89. The lowest BCUT2D eigenvalue weighted by Crippen LogP contribution is -2.40. The molecule has 6 nitrogen and oxygen atoms in total. The topological polar surface area (TPSA) is 86.7 Å². The molecule has 1 saturated heterocycles. The Hall–Kier alpha value is -1.51. The number of aliphatic hydroxyl groups excluding tert-OH is 1. The molecular formula is C13H17FN2O4S. The van der Waals surface area contributed by atoms with Crippen LogP contribution in [0.5, 0.6) is 0 Å². The Bertz CT molecular complexity index is 640. The van der Waals surface area contributed by atoms with E-state index in [1.807, 2.05) is 0 Å². The van der Waals surface area contributed by atoms with Crippen LogP contribution in [0, 0.1) is 5.82 Å². The molecule has 1 aliphatic rings. The van der Waals surface area contributed by atoms with E-state index in [1.54, 1.807) is 0 Å². The van der Waals surface area contributed by atoms with Crippen LogP contribution in [0.4, 0.5) is 10.1 Å². The Balaban J connectivity index is 2.26. The average molecular weight is 316 g/mol. The van der Waals surface area contributed by atoms with Crippen LogP contribution in [0.25, 0.3) is 0 Å². The maximum Gasteiger partial charge on any atom is 0.245 e. The number of hydrogen-bond donors (Lipinski definition) is 2. The SMILES string of the molecule is CC(=O)Nc1ccc(S(=O)(=O)N2CCC(O)CC2)c(F)c1. The maximum atomic E-state index is 14.0. The molecule has 0 radical (unpaired) electrons. The number of aliphatic hydroxyl groups is 1. The number of halogens is 1. The minimum atomic E-state index is -3.93. The van der Waals surface area contributed by atoms with E-state index in [1.165, 1.54) is 13.0 Å². The van der Waals surface area contributed by atoms with Gasteiger partial charge < -0.3 is 10.4 Å². The fraction of sp³-hybridized carbons (Fsp3) is 0.462. The molecule has 2 rings (SSSR count). The number of benzene rings is 1. The minimum Gasteiger partial charge on any atom is -0.393 e. The zero-order valence-corrected chi connectivity index (χ0v) is 12.4. The van der Waals surface area contributed by atoms with Crippen LogP contribution in [0.2, 0.25) is 0 Å². The molecule has 1 aliphatic heterocycles. The van der Waals surface area contributed by atoms with Gasteiger partial charge in [0.2, 0.25) is 15.9 Å². The van der Waals surface area contributed by atoms with Crippen LogP contribution in [-0.4, -0.2) is 42.9 Å². The standard InChI is InChI=1S/C13H17FN2O4S/c1-9(17)15-10-2-3-13(12(14)8-10)21(19,20)16-6-4-11(18)5-7-16/h2-3,8,11,18H,4-7H2,1H3,(H,15,17). The lowest BCUT2D eigenvalue weighted by Gasteiger charge is -2.28. The molecule has 1 aromatic rings. The van der Waals surface area contributed by atoms with Gasteiger partial charge in [-0.1, -0.05) is 0 Å². The van der Waals surface area contributed by atoms with Crippen LogP contribution in [0.3, 0.4) is 0 Å². The van der Waals surface area contributed by atoms with Crippen LogP contribution < -0.4 is 5.32 Å². The zero-order chi connectivity index (χ0) is 15.6. The lowest BCUT2D eigenvalue weighted by molar-refractivity contribution is -0.114.